The highest BCUT2D eigenvalue weighted by molar-refractivity contribution is 7.12. The monoisotopic (exact) mass is 291 g/mol. The van der Waals surface area contributed by atoms with Gasteiger partial charge in [-0.25, -0.2) is 0 Å². The third kappa shape index (κ3) is 3.84. The second-order valence-electron chi connectivity index (χ2n) is 5.27. The van der Waals surface area contributed by atoms with Gasteiger partial charge in [-0.15, -0.1) is 11.3 Å². The van der Waals surface area contributed by atoms with Gasteiger partial charge in [-0.1, -0.05) is 24.7 Å². The van der Waals surface area contributed by atoms with Crippen molar-refractivity contribution in [2.45, 2.75) is 32.1 Å². The molecule has 1 amide bonds. The summed E-state index contributed by atoms with van der Waals surface area (Å²) in [4.78, 5) is 15.0. The summed E-state index contributed by atoms with van der Waals surface area (Å²) in [5.74, 6) is 6.59. The number of aliphatic hydroxyl groups is 1. The van der Waals surface area contributed by atoms with Crippen molar-refractivity contribution in [1.29, 1.82) is 0 Å². The van der Waals surface area contributed by atoms with Crippen LogP contribution in [0, 0.1) is 17.8 Å². The first-order valence-corrected chi connectivity index (χ1v) is 8.03. The molecular formula is C16H21NO2S. The lowest BCUT2D eigenvalue weighted by Crippen LogP contribution is -2.31. The zero-order valence-electron chi connectivity index (χ0n) is 11.9. The smallest absolute Gasteiger partial charge is 0.264 e. The Hall–Kier alpha value is -1.31. The van der Waals surface area contributed by atoms with Gasteiger partial charge in [0.25, 0.3) is 5.91 Å². The molecule has 1 fully saturated rings. The first-order valence-electron chi connectivity index (χ1n) is 7.15. The molecule has 2 rings (SSSR count). The topological polar surface area (TPSA) is 40.5 Å². The van der Waals surface area contributed by atoms with Crippen LogP contribution in [0.3, 0.4) is 0 Å². The molecule has 0 saturated heterocycles. The van der Waals surface area contributed by atoms with Gasteiger partial charge in [-0.3, -0.25) is 4.79 Å². The van der Waals surface area contributed by atoms with Crippen LogP contribution in [0.1, 0.15) is 47.3 Å². The Bertz CT molecular complexity index is 506. The van der Waals surface area contributed by atoms with Gasteiger partial charge in [-0.05, 0) is 30.2 Å². The Morgan fingerprint density at radius 2 is 2.25 bits per heavy atom. The summed E-state index contributed by atoms with van der Waals surface area (Å²) >= 11 is 1.45. The molecule has 0 spiro atoms. The highest BCUT2D eigenvalue weighted by atomic mass is 32.1. The Morgan fingerprint density at radius 3 is 2.95 bits per heavy atom. The van der Waals surface area contributed by atoms with E-state index in [9.17, 15) is 4.79 Å². The lowest BCUT2D eigenvalue weighted by molar-refractivity contribution is 0.0778. The van der Waals surface area contributed by atoms with Crippen molar-refractivity contribution in [3.63, 3.8) is 0 Å². The molecule has 0 unspecified atom stereocenters. The van der Waals surface area contributed by atoms with E-state index in [1.165, 1.54) is 37.0 Å². The van der Waals surface area contributed by atoms with Gasteiger partial charge in [0.05, 0.1) is 6.61 Å². The Labute approximate surface area is 124 Å². The summed E-state index contributed by atoms with van der Waals surface area (Å²) in [5.41, 5.74) is 0.784. The Morgan fingerprint density at radius 1 is 1.50 bits per heavy atom. The normalized spacial score (nSPS) is 14.9. The molecule has 0 bridgehead atoms. The summed E-state index contributed by atoms with van der Waals surface area (Å²) in [5, 5.41) is 10.6. The van der Waals surface area contributed by atoms with Gasteiger partial charge < -0.3 is 10.0 Å². The van der Waals surface area contributed by atoms with Crippen LogP contribution < -0.4 is 0 Å². The molecule has 0 aromatic carbocycles. The van der Waals surface area contributed by atoms with Gasteiger partial charge >= 0.3 is 0 Å². The Kier molecular flexibility index (Phi) is 5.63. The number of nitrogens with zero attached hydrogens (tertiary/aromatic N) is 1. The maximum atomic E-state index is 12.5. The van der Waals surface area contributed by atoms with Gasteiger partial charge in [0.1, 0.15) is 4.88 Å². The lowest BCUT2D eigenvalue weighted by atomic mass is 10.1. The fourth-order valence-corrected chi connectivity index (χ4v) is 3.47. The van der Waals surface area contributed by atoms with Crippen LogP contribution in [0.4, 0.5) is 0 Å². The minimum Gasteiger partial charge on any atom is -0.395 e. The maximum Gasteiger partial charge on any atom is 0.264 e. The molecule has 0 radical (unpaired) electrons. The molecular weight excluding hydrogens is 270 g/mol. The first-order chi connectivity index (χ1) is 9.72. The second kappa shape index (κ2) is 7.47. The minimum atomic E-state index is 0.0575. The third-order valence-corrected chi connectivity index (χ3v) is 4.58. The summed E-state index contributed by atoms with van der Waals surface area (Å²) in [6, 6.07) is 1.88. The molecule has 1 N–H and O–H groups in total. The van der Waals surface area contributed by atoms with Crippen molar-refractivity contribution >= 4 is 17.2 Å². The summed E-state index contributed by atoms with van der Waals surface area (Å²) < 4.78 is 0. The minimum absolute atomic E-state index is 0.0575. The summed E-state index contributed by atoms with van der Waals surface area (Å²) in [6.07, 6.45) is 5.52. The van der Waals surface area contributed by atoms with Crippen molar-refractivity contribution in [3.8, 4) is 11.8 Å². The predicted molar refractivity (Wildman–Crippen MR) is 81.8 cm³/mol. The zero-order valence-corrected chi connectivity index (χ0v) is 12.7. The van der Waals surface area contributed by atoms with Crippen molar-refractivity contribution < 1.29 is 9.90 Å². The van der Waals surface area contributed by atoms with Crippen molar-refractivity contribution in [2.75, 3.05) is 20.2 Å². The number of hydrogen-bond donors (Lipinski definition) is 1. The van der Waals surface area contributed by atoms with E-state index in [1.54, 1.807) is 0 Å². The van der Waals surface area contributed by atoms with E-state index >= 15 is 0 Å². The number of amides is 1. The average Bonchev–Trinajstić information content (AvgIpc) is 3.09. The summed E-state index contributed by atoms with van der Waals surface area (Å²) in [6.45, 7) is 0.905. The third-order valence-electron chi connectivity index (χ3n) is 3.67. The molecule has 0 atom stereocenters. The standard InChI is InChI=1S/C16H21NO2S/c1-17(12-13-6-2-3-7-13)16(19)15-14(9-11-20-15)8-4-5-10-18/h9,11,13,18H,2-3,5-7,10,12H2,1H3. The molecule has 108 valence electrons. The lowest BCUT2D eigenvalue weighted by Gasteiger charge is -2.20. The van der Waals surface area contributed by atoms with Crippen LogP contribution in [0.25, 0.3) is 0 Å². The molecule has 1 heterocycles. The zero-order chi connectivity index (χ0) is 14.4. The van der Waals surface area contributed by atoms with Crippen LogP contribution in [0.15, 0.2) is 11.4 Å². The van der Waals surface area contributed by atoms with Crippen LogP contribution in [-0.2, 0) is 0 Å². The molecule has 1 aliphatic rings. The largest absolute Gasteiger partial charge is 0.395 e. The predicted octanol–water partition coefficient (Wildman–Crippen LogP) is 2.74. The Balaban J connectivity index is 2.01. The van der Waals surface area contributed by atoms with E-state index in [-0.39, 0.29) is 12.5 Å². The fraction of sp³-hybridized carbons (Fsp3) is 0.562. The SMILES string of the molecule is CN(CC1CCCC1)C(=O)c1sccc1C#CCCO. The fourth-order valence-electron chi connectivity index (χ4n) is 2.62. The van der Waals surface area contributed by atoms with Gasteiger partial charge in [0, 0.05) is 25.6 Å². The highest BCUT2D eigenvalue weighted by Crippen LogP contribution is 2.26. The van der Waals surface area contributed by atoms with E-state index in [4.69, 9.17) is 5.11 Å². The molecule has 3 nitrogen and oxygen atoms in total. The number of aliphatic hydroxyl groups excluding tert-OH is 1. The summed E-state index contributed by atoms with van der Waals surface area (Å²) in [7, 11) is 1.88. The van der Waals surface area contributed by atoms with Crippen molar-refractivity contribution in [2.24, 2.45) is 5.92 Å². The van der Waals surface area contributed by atoms with Crippen molar-refractivity contribution in [3.05, 3.63) is 21.9 Å². The molecule has 4 heteroatoms. The number of carbonyl (C=O) groups is 1. The average molecular weight is 291 g/mol. The maximum absolute atomic E-state index is 12.5. The first kappa shape index (κ1) is 15.1. The van der Waals surface area contributed by atoms with E-state index < -0.39 is 0 Å². The number of carbonyl (C=O) groups excluding carboxylic acids is 1. The molecule has 1 aromatic heterocycles. The van der Waals surface area contributed by atoms with Gasteiger partial charge in [0.15, 0.2) is 0 Å². The molecule has 1 saturated carbocycles. The van der Waals surface area contributed by atoms with Crippen LogP contribution in [0.2, 0.25) is 0 Å². The molecule has 0 aliphatic heterocycles. The van der Waals surface area contributed by atoms with Crippen LogP contribution in [0.5, 0.6) is 0 Å². The van der Waals surface area contributed by atoms with Gasteiger partial charge in [0.2, 0.25) is 0 Å². The number of hydrogen-bond acceptors (Lipinski definition) is 3. The molecule has 1 aromatic rings. The number of thiophene rings is 1. The van der Waals surface area contributed by atoms with Crippen LogP contribution in [-0.4, -0.2) is 36.1 Å². The molecule has 1 aliphatic carbocycles. The van der Waals surface area contributed by atoms with E-state index in [2.05, 4.69) is 11.8 Å². The van der Waals surface area contributed by atoms with E-state index in [0.29, 0.717) is 12.3 Å². The second-order valence-corrected chi connectivity index (χ2v) is 6.19. The van der Waals surface area contributed by atoms with E-state index in [0.717, 1.165) is 17.0 Å². The quantitative estimate of drug-likeness (QED) is 0.867. The highest BCUT2D eigenvalue weighted by Gasteiger charge is 2.22. The van der Waals surface area contributed by atoms with Gasteiger partial charge in [-0.2, -0.15) is 0 Å². The number of rotatable bonds is 4. The van der Waals surface area contributed by atoms with E-state index in [1.807, 2.05) is 23.4 Å². The molecule has 20 heavy (non-hydrogen) atoms. The van der Waals surface area contributed by atoms with Crippen LogP contribution >= 0.6 is 11.3 Å². The van der Waals surface area contributed by atoms with Crippen molar-refractivity contribution in [1.82, 2.24) is 4.90 Å².